The average molecular weight is 492 g/mol. The summed E-state index contributed by atoms with van der Waals surface area (Å²) in [4.78, 5) is 4.17. The summed E-state index contributed by atoms with van der Waals surface area (Å²) in [6.07, 6.45) is 1.50. The van der Waals surface area contributed by atoms with Crippen molar-refractivity contribution in [2.45, 2.75) is 12.8 Å². The number of rotatable bonds is 6. The molecule has 2 heterocycles. The van der Waals surface area contributed by atoms with Gasteiger partial charge in [-0.25, -0.2) is 19.2 Å². The van der Waals surface area contributed by atoms with Crippen LogP contribution in [0.4, 0.5) is 15.9 Å². The average Bonchev–Trinajstić information content (AvgIpc) is 3.15. The van der Waals surface area contributed by atoms with Crippen molar-refractivity contribution in [3.05, 3.63) is 34.2 Å². The van der Waals surface area contributed by atoms with Gasteiger partial charge in [-0.2, -0.15) is 12.7 Å². The zero-order valence-corrected chi connectivity index (χ0v) is 17.4. The molecule has 1 aromatic carbocycles. The normalized spacial score (nSPS) is 18.6. The summed E-state index contributed by atoms with van der Waals surface area (Å²) < 4.78 is 42.6. The van der Waals surface area contributed by atoms with Gasteiger partial charge in [0.2, 0.25) is 5.82 Å². The highest BCUT2D eigenvalue weighted by atomic mass is 79.9. The van der Waals surface area contributed by atoms with Crippen molar-refractivity contribution < 1.29 is 22.6 Å². The quantitative estimate of drug-likeness (QED) is 0.267. The molecule has 158 valence electrons. The van der Waals surface area contributed by atoms with Crippen molar-refractivity contribution in [2.75, 3.05) is 25.0 Å². The zero-order chi connectivity index (χ0) is 21.0. The molecule has 14 heteroatoms. The van der Waals surface area contributed by atoms with Gasteiger partial charge < -0.3 is 5.32 Å². The van der Waals surface area contributed by atoms with E-state index < -0.39 is 16.0 Å². The number of hydrogen-bond acceptors (Lipinski definition) is 8. The predicted molar refractivity (Wildman–Crippen MR) is 105 cm³/mol. The third-order valence-electron chi connectivity index (χ3n) is 4.36. The number of hydrogen-bond donors (Lipinski definition) is 4. The lowest BCUT2D eigenvalue weighted by molar-refractivity contribution is 0.234. The Morgan fingerprint density at radius 3 is 2.97 bits per heavy atom. The van der Waals surface area contributed by atoms with Gasteiger partial charge in [-0.15, -0.1) is 0 Å². The molecule has 5 N–H and O–H groups in total. The van der Waals surface area contributed by atoms with Crippen molar-refractivity contribution in [1.29, 1.82) is 0 Å². The van der Waals surface area contributed by atoms with Gasteiger partial charge in [-0.1, -0.05) is 0 Å². The van der Waals surface area contributed by atoms with Crippen molar-refractivity contribution in [3.63, 3.8) is 0 Å². The number of halogens is 2. The van der Waals surface area contributed by atoms with E-state index in [1.165, 1.54) is 22.5 Å². The Kier molecular flexibility index (Phi) is 6.79. The van der Waals surface area contributed by atoms with Gasteiger partial charge in [0.15, 0.2) is 11.5 Å². The van der Waals surface area contributed by atoms with Gasteiger partial charge >= 0.3 is 0 Å². The number of nitrogens with one attached hydrogen (secondary N) is 2. The maximum Gasteiger partial charge on any atom is 0.276 e. The largest absolute Gasteiger partial charge is 0.365 e. The summed E-state index contributed by atoms with van der Waals surface area (Å²) in [7, 11) is -3.73. The third kappa shape index (κ3) is 5.48. The first-order valence-electron chi connectivity index (χ1n) is 8.56. The van der Waals surface area contributed by atoms with Crippen molar-refractivity contribution >= 4 is 43.5 Å². The van der Waals surface area contributed by atoms with Crippen LogP contribution in [0.2, 0.25) is 0 Å². The van der Waals surface area contributed by atoms with Crippen LogP contribution in [0, 0.1) is 11.7 Å². The number of aliphatic imine (C=N–C) groups is 1. The monoisotopic (exact) mass is 491 g/mol. The molecule has 11 nitrogen and oxygen atoms in total. The Bertz CT molecular complexity index is 1000. The Hall–Kier alpha value is -2.13. The summed E-state index contributed by atoms with van der Waals surface area (Å²) >= 11 is 3.07. The molecule has 2 aromatic rings. The molecule has 1 aliphatic rings. The second-order valence-corrected chi connectivity index (χ2v) is 8.82. The minimum atomic E-state index is -3.73. The summed E-state index contributed by atoms with van der Waals surface area (Å²) in [5, 5.41) is 25.2. The molecular weight excluding hydrogens is 473 g/mol. The van der Waals surface area contributed by atoms with E-state index in [9.17, 15) is 18.0 Å². The van der Waals surface area contributed by atoms with Gasteiger partial charge in [0.1, 0.15) is 5.82 Å². The molecule has 0 bridgehead atoms. The summed E-state index contributed by atoms with van der Waals surface area (Å²) in [6.45, 7) is 1.06. The molecule has 1 atom stereocenters. The number of nitrogens with zero attached hydrogens (tertiary/aromatic N) is 4. The van der Waals surface area contributed by atoms with E-state index >= 15 is 0 Å². The lowest BCUT2D eigenvalue weighted by atomic mass is 10.00. The van der Waals surface area contributed by atoms with E-state index in [0.29, 0.717) is 25.2 Å². The molecule has 1 aliphatic heterocycles. The van der Waals surface area contributed by atoms with Crippen LogP contribution in [0.25, 0.3) is 0 Å². The van der Waals surface area contributed by atoms with Crippen LogP contribution >= 0.6 is 15.9 Å². The van der Waals surface area contributed by atoms with Gasteiger partial charge in [-0.3, -0.25) is 10.7 Å². The van der Waals surface area contributed by atoms with E-state index in [4.69, 9.17) is 9.77 Å². The highest BCUT2D eigenvalue weighted by Gasteiger charge is 2.27. The van der Waals surface area contributed by atoms with Crippen molar-refractivity contribution in [3.8, 4) is 0 Å². The fourth-order valence-electron chi connectivity index (χ4n) is 2.94. The highest BCUT2D eigenvalue weighted by molar-refractivity contribution is 9.10. The standard InChI is InChI=1S/C15H19BrFN7O4S/c16-11-6-10(3-4-12(11)17)20-15(21-25)13-14(23-28-22-13)19-7-9-2-1-5-24(8-9)29(18,26)27/h3-4,6,9,25H,1-2,5,7-8H2,(H,19,23)(H,20,21)(H2,18,26,27). The molecule has 0 spiro atoms. The van der Waals surface area contributed by atoms with E-state index in [-0.39, 0.29) is 34.3 Å². The number of amidine groups is 1. The maximum atomic E-state index is 13.4. The van der Waals surface area contributed by atoms with Crippen LogP contribution in [-0.2, 0) is 10.2 Å². The van der Waals surface area contributed by atoms with Gasteiger partial charge in [0.05, 0.1) is 10.2 Å². The molecule has 1 unspecified atom stereocenters. The molecule has 3 rings (SSSR count). The van der Waals surface area contributed by atoms with Gasteiger partial charge in [-0.05, 0) is 63.2 Å². The number of anilines is 1. The SMILES string of the molecule is NS(=O)(=O)N1CCCC(CNc2nonc2C(=Nc2ccc(F)c(Br)c2)NO)C1. The fourth-order valence-corrected chi connectivity index (χ4v) is 4.11. The van der Waals surface area contributed by atoms with E-state index in [0.717, 1.165) is 6.42 Å². The minimum absolute atomic E-state index is 0.00199. The Labute approximate surface area is 174 Å². The summed E-state index contributed by atoms with van der Waals surface area (Å²) in [6, 6.07) is 4.07. The second kappa shape index (κ2) is 9.13. The number of hydroxylamine groups is 1. The second-order valence-electron chi connectivity index (χ2n) is 6.42. The van der Waals surface area contributed by atoms with Crippen LogP contribution in [0.1, 0.15) is 18.5 Å². The molecule has 1 aromatic heterocycles. The molecule has 29 heavy (non-hydrogen) atoms. The summed E-state index contributed by atoms with van der Waals surface area (Å²) in [5.74, 6) is -0.308. The number of piperidine rings is 1. The Balaban J connectivity index is 1.72. The highest BCUT2D eigenvalue weighted by Crippen LogP contribution is 2.24. The fraction of sp³-hybridized carbons (Fsp3) is 0.400. The molecular formula is C15H19BrFN7O4S. The van der Waals surface area contributed by atoms with Crippen LogP contribution in [0.15, 0.2) is 32.3 Å². The van der Waals surface area contributed by atoms with Gasteiger partial charge in [0.25, 0.3) is 10.2 Å². The minimum Gasteiger partial charge on any atom is -0.365 e. The van der Waals surface area contributed by atoms with E-state index in [1.807, 2.05) is 5.48 Å². The Morgan fingerprint density at radius 2 is 2.28 bits per heavy atom. The Morgan fingerprint density at radius 1 is 1.48 bits per heavy atom. The van der Waals surface area contributed by atoms with Crippen LogP contribution in [0.3, 0.4) is 0 Å². The van der Waals surface area contributed by atoms with E-state index in [2.05, 4.69) is 36.6 Å². The first kappa shape index (κ1) is 21.6. The molecule has 1 fully saturated rings. The molecule has 0 radical (unpaired) electrons. The molecule has 0 saturated carbocycles. The number of nitrogens with two attached hydrogens (primary N) is 1. The number of aromatic nitrogens is 2. The first-order chi connectivity index (χ1) is 13.8. The van der Waals surface area contributed by atoms with Gasteiger partial charge in [0, 0.05) is 19.6 Å². The van der Waals surface area contributed by atoms with Crippen LogP contribution in [-0.4, -0.2) is 53.7 Å². The lowest BCUT2D eigenvalue weighted by Crippen LogP contribution is -2.44. The smallest absolute Gasteiger partial charge is 0.276 e. The van der Waals surface area contributed by atoms with E-state index in [1.54, 1.807) is 0 Å². The summed E-state index contributed by atoms with van der Waals surface area (Å²) in [5.41, 5.74) is 2.38. The number of benzene rings is 1. The predicted octanol–water partition coefficient (Wildman–Crippen LogP) is 1.36. The van der Waals surface area contributed by atoms with Crippen LogP contribution in [0.5, 0.6) is 0 Å². The van der Waals surface area contributed by atoms with Crippen molar-refractivity contribution in [1.82, 2.24) is 20.1 Å². The van der Waals surface area contributed by atoms with Crippen molar-refractivity contribution in [2.24, 2.45) is 16.0 Å². The zero-order valence-electron chi connectivity index (χ0n) is 15.0. The van der Waals surface area contributed by atoms with Crippen LogP contribution < -0.4 is 15.9 Å². The maximum absolute atomic E-state index is 13.4. The molecule has 1 saturated heterocycles. The third-order valence-corrected chi connectivity index (χ3v) is 6.02. The molecule has 0 aliphatic carbocycles. The lowest BCUT2D eigenvalue weighted by Gasteiger charge is -2.30. The topological polar surface area (TPSA) is 159 Å². The first-order valence-corrected chi connectivity index (χ1v) is 10.9. The molecule has 0 amide bonds.